The molecular formula is C22H28ClN3O3. The van der Waals surface area contributed by atoms with Crippen molar-refractivity contribution in [1.82, 2.24) is 9.80 Å². The van der Waals surface area contributed by atoms with E-state index in [0.717, 1.165) is 42.0 Å². The van der Waals surface area contributed by atoms with Gasteiger partial charge in [-0.3, -0.25) is 9.80 Å². The molecule has 0 aliphatic carbocycles. The molecule has 4 rings (SSSR count). The number of nitrogens with zero attached hydrogens (tertiary/aromatic N) is 3. The van der Waals surface area contributed by atoms with Crippen molar-refractivity contribution in [3.05, 3.63) is 59.7 Å². The van der Waals surface area contributed by atoms with Crippen LogP contribution in [0.5, 0.6) is 0 Å². The van der Waals surface area contributed by atoms with Crippen molar-refractivity contribution in [2.45, 2.75) is 12.5 Å². The van der Waals surface area contributed by atoms with E-state index in [4.69, 9.17) is 9.84 Å². The van der Waals surface area contributed by atoms with E-state index in [0.29, 0.717) is 19.6 Å². The van der Waals surface area contributed by atoms with Crippen molar-refractivity contribution in [1.29, 1.82) is 0 Å². The molecular weight excluding hydrogens is 390 g/mol. The SMILES string of the molecule is COC1Cc2ccccc2N(C(=O)N2CCN(CCO)CC2)c2ccccc21.[Cl-].[H+]. The number of rotatable bonds is 3. The first-order valence-corrected chi connectivity index (χ1v) is 9.85. The van der Waals surface area contributed by atoms with Crippen molar-refractivity contribution >= 4 is 17.4 Å². The van der Waals surface area contributed by atoms with Gasteiger partial charge in [0.25, 0.3) is 0 Å². The molecule has 29 heavy (non-hydrogen) atoms. The lowest BCUT2D eigenvalue weighted by Crippen LogP contribution is -3.00. The Kier molecular flexibility index (Phi) is 7.14. The van der Waals surface area contributed by atoms with E-state index >= 15 is 0 Å². The summed E-state index contributed by atoms with van der Waals surface area (Å²) in [5, 5.41) is 9.15. The summed E-state index contributed by atoms with van der Waals surface area (Å²) >= 11 is 0. The van der Waals surface area contributed by atoms with Crippen LogP contribution < -0.4 is 17.3 Å². The zero-order chi connectivity index (χ0) is 19.5. The van der Waals surface area contributed by atoms with Crippen LogP contribution in [-0.4, -0.2) is 67.4 Å². The van der Waals surface area contributed by atoms with E-state index in [1.165, 1.54) is 0 Å². The molecule has 1 N–H and O–H groups in total. The van der Waals surface area contributed by atoms with E-state index in [-0.39, 0.29) is 32.6 Å². The van der Waals surface area contributed by atoms with Crippen LogP contribution in [0.2, 0.25) is 0 Å². The average Bonchev–Trinajstić information content (AvgIpc) is 2.88. The minimum Gasteiger partial charge on any atom is -1.00 e. The van der Waals surface area contributed by atoms with Crippen molar-refractivity contribution < 1.29 is 28.5 Å². The fourth-order valence-corrected chi connectivity index (χ4v) is 4.17. The summed E-state index contributed by atoms with van der Waals surface area (Å²) in [6, 6.07) is 16.1. The maximum absolute atomic E-state index is 13.6. The number of benzene rings is 2. The zero-order valence-corrected chi connectivity index (χ0v) is 17.4. The quantitative estimate of drug-likeness (QED) is 0.758. The Morgan fingerprint density at radius 3 is 2.41 bits per heavy atom. The van der Waals surface area contributed by atoms with Gasteiger partial charge in [-0.2, -0.15) is 0 Å². The Morgan fingerprint density at radius 2 is 1.72 bits per heavy atom. The van der Waals surface area contributed by atoms with Gasteiger partial charge in [0.1, 0.15) is 0 Å². The minimum absolute atomic E-state index is 0. The highest BCUT2D eigenvalue weighted by atomic mass is 35.5. The third-order valence-corrected chi connectivity index (χ3v) is 5.70. The monoisotopic (exact) mass is 417 g/mol. The Morgan fingerprint density at radius 1 is 1.07 bits per heavy atom. The second-order valence-electron chi connectivity index (χ2n) is 7.29. The fourth-order valence-electron chi connectivity index (χ4n) is 4.17. The summed E-state index contributed by atoms with van der Waals surface area (Å²) in [4.78, 5) is 19.6. The molecule has 0 radical (unpaired) electrons. The minimum atomic E-state index is -0.0865. The number of ether oxygens (including phenoxy) is 1. The molecule has 1 unspecified atom stereocenters. The normalized spacial score (nSPS) is 19.0. The lowest BCUT2D eigenvalue weighted by molar-refractivity contribution is -0.0000114. The second kappa shape index (κ2) is 9.59. The molecule has 2 aromatic carbocycles. The van der Waals surface area contributed by atoms with Crippen LogP contribution in [0.3, 0.4) is 0 Å². The number of aliphatic hydroxyl groups is 1. The van der Waals surface area contributed by atoms with Gasteiger partial charge in [0, 0.05) is 51.8 Å². The van der Waals surface area contributed by atoms with Crippen LogP contribution in [-0.2, 0) is 11.2 Å². The summed E-state index contributed by atoms with van der Waals surface area (Å²) in [7, 11) is 1.72. The number of fused-ring (bicyclic) bond motifs is 2. The first-order chi connectivity index (χ1) is 13.7. The van der Waals surface area contributed by atoms with Gasteiger partial charge >= 0.3 is 7.46 Å². The first kappa shape index (κ1) is 21.6. The smallest absolute Gasteiger partial charge is 1.00 e. The number of aliphatic hydroxyl groups excluding tert-OH is 1. The van der Waals surface area contributed by atoms with Gasteiger partial charge in [0.2, 0.25) is 0 Å². The standard InChI is InChI=1S/C22H27N3O3.ClH/c1-28-21-16-17-6-2-4-8-19(17)25(20-9-5-3-7-18(20)21)22(27)24-12-10-23(11-13-24)14-15-26;/h2-9,21,26H,10-16H2,1H3;1H. The number of hydrogen-bond donors (Lipinski definition) is 1. The van der Waals surface area contributed by atoms with Gasteiger partial charge in [-0.15, -0.1) is 0 Å². The van der Waals surface area contributed by atoms with Crippen LogP contribution in [0, 0.1) is 0 Å². The molecule has 2 aromatic rings. The van der Waals surface area contributed by atoms with Gasteiger partial charge < -0.3 is 27.2 Å². The fraction of sp³-hybridized carbons (Fsp3) is 0.409. The maximum atomic E-state index is 13.6. The molecule has 0 bridgehead atoms. The molecule has 2 heterocycles. The molecule has 7 heteroatoms. The molecule has 2 amide bonds. The highest BCUT2D eigenvalue weighted by Gasteiger charge is 2.33. The van der Waals surface area contributed by atoms with Crippen molar-refractivity contribution in [2.24, 2.45) is 0 Å². The number of anilines is 2. The van der Waals surface area contributed by atoms with Crippen LogP contribution in [0.15, 0.2) is 48.5 Å². The van der Waals surface area contributed by atoms with E-state index < -0.39 is 0 Å². The maximum Gasteiger partial charge on any atom is 1.00 e. The van der Waals surface area contributed by atoms with Crippen molar-refractivity contribution in [3.8, 4) is 0 Å². The number of halogens is 1. The lowest BCUT2D eigenvalue weighted by atomic mass is 10.0. The molecule has 6 nitrogen and oxygen atoms in total. The zero-order valence-electron chi connectivity index (χ0n) is 17.6. The first-order valence-electron chi connectivity index (χ1n) is 9.85. The number of urea groups is 1. The predicted octanol–water partition coefficient (Wildman–Crippen LogP) is -0.0853. The number of β-amino-alcohol motifs (C(OH)–C–C–N with tert-alkyl or cyclic N) is 1. The lowest BCUT2D eigenvalue weighted by Gasteiger charge is -2.37. The molecule has 1 fully saturated rings. The molecule has 2 aliphatic heterocycles. The molecule has 0 aromatic heterocycles. The van der Waals surface area contributed by atoms with Crippen LogP contribution in [0.4, 0.5) is 16.2 Å². The molecule has 156 valence electrons. The second-order valence-corrected chi connectivity index (χ2v) is 7.29. The van der Waals surface area contributed by atoms with Gasteiger partial charge in [-0.25, -0.2) is 4.79 Å². The number of hydrogen-bond acceptors (Lipinski definition) is 4. The Labute approximate surface area is 179 Å². The molecule has 1 atom stereocenters. The van der Waals surface area contributed by atoms with Gasteiger partial charge in [0.15, 0.2) is 0 Å². The van der Waals surface area contributed by atoms with Crippen molar-refractivity contribution in [2.75, 3.05) is 51.3 Å². The molecule has 2 aliphatic rings. The van der Waals surface area contributed by atoms with E-state index in [1.54, 1.807) is 7.11 Å². The van der Waals surface area contributed by atoms with Gasteiger partial charge in [-0.1, -0.05) is 36.4 Å². The Bertz CT molecular complexity index is 846. The van der Waals surface area contributed by atoms with E-state index in [2.05, 4.69) is 17.0 Å². The largest absolute Gasteiger partial charge is 1.00 e. The van der Waals surface area contributed by atoms with E-state index in [1.807, 2.05) is 46.2 Å². The molecule has 0 spiro atoms. The topological polar surface area (TPSA) is 56.2 Å². The number of methoxy groups -OCH3 is 1. The van der Waals surface area contributed by atoms with Crippen molar-refractivity contribution in [3.63, 3.8) is 0 Å². The average molecular weight is 418 g/mol. The number of carbonyl (C=O) groups excluding carboxylic acids is 1. The van der Waals surface area contributed by atoms with E-state index in [9.17, 15) is 4.79 Å². The number of para-hydroxylation sites is 2. The summed E-state index contributed by atoms with van der Waals surface area (Å²) < 4.78 is 5.79. The summed E-state index contributed by atoms with van der Waals surface area (Å²) in [6.07, 6.45) is 0.647. The van der Waals surface area contributed by atoms with Gasteiger partial charge in [0.05, 0.1) is 24.1 Å². The Hall–Kier alpha value is -2.12. The number of piperazine rings is 1. The highest BCUT2D eigenvalue weighted by molar-refractivity contribution is 6.01. The van der Waals surface area contributed by atoms with Crippen LogP contribution in [0.25, 0.3) is 0 Å². The number of amides is 2. The number of carbonyl (C=O) groups is 1. The third kappa shape index (κ3) is 4.26. The molecule has 0 saturated carbocycles. The van der Waals surface area contributed by atoms with Gasteiger partial charge in [-0.05, 0) is 17.7 Å². The highest BCUT2D eigenvalue weighted by Crippen LogP contribution is 2.41. The summed E-state index contributed by atoms with van der Waals surface area (Å²) in [5.74, 6) is 0. The molecule has 1 saturated heterocycles. The summed E-state index contributed by atoms with van der Waals surface area (Å²) in [5.41, 5.74) is 3.96. The summed E-state index contributed by atoms with van der Waals surface area (Å²) in [6.45, 7) is 3.70. The van der Waals surface area contributed by atoms with Crippen LogP contribution >= 0.6 is 0 Å². The predicted molar refractivity (Wildman–Crippen MR) is 110 cm³/mol. The third-order valence-electron chi connectivity index (χ3n) is 5.70. The Balaban J connectivity index is 0.00000160. The van der Waals surface area contributed by atoms with Crippen LogP contribution in [0.1, 0.15) is 18.7 Å².